The molecule has 6 heteroatoms. The predicted octanol–water partition coefficient (Wildman–Crippen LogP) is 2.16. The largest absolute Gasteiger partial charge is 0.483 e. The van der Waals surface area contributed by atoms with Gasteiger partial charge in [-0.05, 0) is 37.0 Å². The maximum Gasteiger partial charge on any atom is 0.339 e. The fourth-order valence-electron chi connectivity index (χ4n) is 2.44. The summed E-state index contributed by atoms with van der Waals surface area (Å²) in [5, 5.41) is 9.00. The average Bonchev–Trinajstić information content (AvgIpc) is 2.45. The summed E-state index contributed by atoms with van der Waals surface area (Å²) in [6.45, 7) is 3.24. The van der Waals surface area contributed by atoms with E-state index in [4.69, 9.17) is 9.84 Å². The molecule has 0 radical (unpaired) electrons. The maximum atomic E-state index is 13.0. The molecule has 1 atom stereocenters. The monoisotopic (exact) mass is 295 g/mol. The topological polar surface area (TPSA) is 66.8 Å². The van der Waals surface area contributed by atoms with Crippen molar-refractivity contribution in [3.05, 3.63) is 29.6 Å². The summed E-state index contributed by atoms with van der Waals surface area (Å²) in [5.41, 5.74) is -0.283. The number of carbonyl (C=O) groups excluding carboxylic acids is 1. The summed E-state index contributed by atoms with van der Waals surface area (Å²) >= 11 is 0. The smallest absolute Gasteiger partial charge is 0.339 e. The fourth-order valence-corrected chi connectivity index (χ4v) is 2.44. The van der Waals surface area contributed by atoms with Crippen LogP contribution >= 0.6 is 0 Å². The quantitative estimate of drug-likeness (QED) is 0.924. The molecule has 1 fully saturated rings. The first-order chi connectivity index (χ1) is 9.97. The minimum absolute atomic E-state index is 0.00214. The van der Waals surface area contributed by atoms with E-state index in [1.165, 1.54) is 6.07 Å². The number of nitrogens with zero attached hydrogens (tertiary/aromatic N) is 1. The molecule has 5 nitrogen and oxygen atoms in total. The highest BCUT2D eigenvalue weighted by Gasteiger charge is 2.22. The first kappa shape index (κ1) is 15.3. The van der Waals surface area contributed by atoms with Crippen LogP contribution in [0.25, 0.3) is 0 Å². The van der Waals surface area contributed by atoms with Crippen molar-refractivity contribution in [1.82, 2.24) is 4.90 Å². The van der Waals surface area contributed by atoms with Crippen LogP contribution in [0, 0.1) is 11.7 Å². The lowest BCUT2D eigenvalue weighted by atomic mass is 10.0. The summed E-state index contributed by atoms with van der Waals surface area (Å²) < 4.78 is 18.3. The number of likely N-dealkylation sites (tertiary alicyclic amines) is 1. The van der Waals surface area contributed by atoms with Crippen molar-refractivity contribution < 1.29 is 23.8 Å². The van der Waals surface area contributed by atoms with Crippen LogP contribution in [0.2, 0.25) is 0 Å². The van der Waals surface area contributed by atoms with Gasteiger partial charge in [0.1, 0.15) is 17.1 Å². The van der Waals surface area contributed by atoms with Gasteiger partial charge in [0.2, 0.25) is 0 Å². The second-order valence-corrected chi connectivity index (χ2v) is 5.32. The molecule has 0 bridgehead atoms. The molecule has 1 N–H and O–H groups in total. The average molecular weight is 295 g/mol. The Morgan fingerprint density at radius 1 is 1.48 bits per heavy atom. The molecule has 2 rings (SSSR count). The van der Waals surface area contributed by atoms with E-state index in [1.807, 2.05) is 0 Å². The lowest BCUT2D eigenvalue weighted by molar-refractivity contribution is -0.135. The highest BCUT2D eigenvalue weighted by Crippen LogP contribution is 2.20. The molecule has 1 aromatic rings. The Labute approximate surface area is 122 Å². The van der Waals surface area contributed by atoms with Crippen LogP contribution in [0.4, 0.5) is 4.39 Å². The highest BCUT2D eigenvalue weighted by atomic mass is 19.1. The first-order valence-electron chi connectivity index (χ1n) is 6.91. The Balaban J connectivity index is 1.99. The minimum atomic E-state index is -1.29. The van der Waals surface area contributed by atoms with Crippen LogP contribution in [-0.4, -0.2) is 41.6 Å². The zero-order chi connectivity index (χ0) is 15.4. The lowest BCUT2D eigenvalue weighted by Crippen LogP contribution is -2.41. The number of hydrogen-bond acceptors (Lipinski definition) is 3. The Morgan fingerprint density at radius 2 is 2.24 bits per heavy atom. The molecule has 114 valence electrons. The minimum Gasteiger partial charge on any atom is -0.483 e. The Hall–Kier alpha value is -2.11. The molecule has 1 aliphatic rings. The van der Waals surface area contributed by atoms with Gasteiger partial charge < -0.3 is 14.7 Å². The van der Waals surface area contributed by atoms with Gasteiger partial charge in [-0.1, -0.05) is 6.92 Å². The molecular weight excluding hydrogens is 277 g/mol. The van der Waals surface area contributed by atoms with Crippen molar-refractivity contribution in [2.24, 2.45) is 5.92 Å². The van der Waals surface area contributed by atoms with Crippen LogP contribution in [0.1, 0.15) is 30.1 Å². The van der Waals surface area contributed by atoms with Crippen molar-refractivity contribution in [2.75, 3.05) is 19.7 Å². The maximum absolute atomic E-state index is 13.0. The van der Waals surface area contributed by atoms with E-state index in [2.05, 4.69) is 6.92 Å². The highest BCUT2D eigenvalue weighted by molar-refractivity contribution is 5.91. The Bertz CT molecular complexity index is 546. The van der Waals surface area contributed by atoms with Crippen molar-refractivity contribution in [3.63, 3.8) is 0 Å². The normalized spacial score (nSPS) is 18.4. The zero-order valence-electron chi connectivity index (χ0n) is 11.8. The van der Waals surface area contributed by atoms with Gasteiger partial charge in [0, 0.05) is 13.1 Å². The van der Waals surface area contributed by atoms with Gasteiger partial charge in [-0.15, -0.1) is 0 Å². The number of halogens is 1. The second kappa shape index (κ2) is 6.56. The van der Waals surface area contributed by atoms with Gasteiger partial charge in [-0.3, -0.25) is 4.79 Å². The van der Waals surface area contributed by atoms with Crippen LogP contribution in [0.3, 0.4) is 0 Å². The number of rotatable bonds is 4. The number of carboxylic acids is 1. The predicted molar refractivity (Wildman–Crippen MR) is 73.8 cm³/mol. The van der Waals surface area contributed by atoms with Gasteiger partial charge in [-0.2, -0.15) is 0 Å². The SMILES string of the molecule is CC1CCCN(C(=O)COc2ccc(F)cc2C(=O)O)C1. The number of carboxylic acid groups (broad SMARTS) is 1. The van der Waals surface area contributed by atoms with Crippen LogP contribution in [0.15, 0.2) is 18.2 Å². The third-order valence-electron chi connectivity index (χ3n) is 3.53. The standard InChI is InChI=1S/C15H18FNO4/c1-10-3-2-6-17(8-10)14(18)9-21-13-5-4-11(16)7-12(13)15(19)20/h4-5,7,10H,2-3,6,8-9H2,1H3,(H,19,20). The molecule has 1 aliphatic heterocycles. The molecule has 1 aromatic carbocycles. The van der Waals surface area contributed by atoms with Gasteiger partial charge in [-0.25, -0.2) is 9.18 Å². The third kappa shape index (κ3) is 3.93. The fraction of sp³-hybridized carbons (Fsp3) is 0.467. The van der Waals surface area contributed by atoms with E-state index in [9.17, 15) is 14.0 Å². The van der Waals surface area contributed by atoms with E-state index >= 15 is 0 Å². The number of benzene rings is 1. The van der Waals surface area contributed by atoms with E-state index in [0.717, 1.165) is 25.0 Å². The van der Waals surface area contributed by atoms with E-state index < -0.39 is 11.8 Å². The summed E-state index contributed by atoms with van der Waals surface area (Å²) in [4.78, 5) is 24.8. The number of aromatic carboxylic acids is 1. The van der Waals surface area contributed by atoms with Gasteiger partial charge in [0.15, 0.2) is 6.61 Å². The molecule has 1 heterocycles. The van der Waals surface area contributed by atoms with E-state index in [0.29, 0.717) is 19.0 Å². The number of carbonyl (C=O) groups is 2. The Kier molecular flexibility index (Phi) is 4.77. The van der Waals surface area contributed by atoms with E-state index in [1.54, 1.807) is 4.90 Å². The number of piperidine rings is 1. The molecule has 1 amide bonds. The summed E-state index contributed by atoms with van der Waals surface area (Å²) in [6.07, 6.45) is 2.07. The lowest BCUT2D eigenvalue weighted by Gasteiger charge is -2.30. The van der Waals surface area contributed by atoms with Crippen molar-refractivity contribution in [2.45, 2.75) is 19.8 Å². The summed E-state index contributed by atoms with van der Waals surface area (Å²) in [6, 6.07) is 3.21. The van der Waals surface area contributed by atoms with Crippen molar-refractivity contribution in [3.8, 4) is 5.75 Å². The second-order valence-electron chi connectivity index (χ2n) is 5.32. The van der Waals surface area contributed by atoms with Crippen LogP contribution in [-0.2, 0) is 4.79 Å². The van der Waals surface area contributed by atoms with Crippen molar-refractivity contribution in [1.29, 1.82) is 0 Å². The number of ether oxygens (including phenoxy) is 1. The third-order valence-corrected chi connectivity index (χ3v) is 3.53. The van der Waals surface area contributed by atoms with Gasteiger partial charge in [0.05, 0.1) is 0 Å². The molecule has 0 saturated carbocycles. The molecule has 21 heavy (non-hydrogen) atoms. The molecule has 1 saturated heterocycles. The molecular formula is C15H18FNO4. The summed E-state index contributed by atoms with van der Waals surface area (Å²) in [7, 11) is 0. The van der Waals surface area contributed by atoms with Gasteiger partial charge >= 0.3 is 5.97 Å². The van der Waals surface area contributed by atoms with Crippen LogP contribution < -0.4 is 4.74 Å². The van der Waals surface area contributed by atoms with E-state index in [-0.39, 0.29) is 23.8 Å². The first-order valence-corrected chi connectivity index (χ1v) is 6.91. The zero-order valence-corrected chi connectivity index (χ0v) is 11.8. The molecule has 0 aromatic heterocycles. The van der Waals surface area contributed by atoms with Crippen LogP contribution in [0.5, 0.6) is 5.75 Å². The van der Waals surface area contributed by atoms with Crippen molar-refractivity contribution >= 4 is 11.9 Å². The molecule has 1 unspecified atom stereocenters. The number of hydrogen-bond donors (Lipinski definition) is 1. The summed E-state index contributed by atoms with van der Waals surface area (Å²) in [5.74, 6) is -1.66. The Morgan fingerprint density at radius 3 is 2.90 bits per heavy atom. The molecule has 0 spiro atoms. The van der Waals surface area contributed by atoms with Gasteiger partial charge in [0.25, 0.3) is 5.91 Å². The molecule has 0 aliphatic carbocycles. The number of amides is 1.